The second kappa shape index (κ2) is 8.79. The highest BCUT2D eigenvalue weighted by atomic mass is 16.5. The van der Waals surface area contributed by atoms with Crippen LogP contribution in [0.15, 0.2) is 49.1 Å². The molecule has 0 atom stereocenters. The molecule has 0 aliphatic heterocycles. The first-order chi connectivity index (χ1) is 10.3. The van der Waals surface area contributed by atoms with Crippen LogP contribution >= 0.6 is 0 Å². The highest BCUT2D eigenvalue weighted by molar-refractivity contribution is 5.75. The van der Waals surface area contributed by atoms with Crippen LogP contribution in [0.2, 0.25) is 0 Å². The molecule has 0 bridgehead atoms. The first-order valence-electron chi connectivity index (χ1n) is 7.25. The van der Waals surface area contributed by atoms with E-state index in [1.54, 1.807) is 12.5 Å². The number of nitrogens with one attached hydrogen (secondary N) is 1. The summed E-state index contributed by atoms with van der Waals surface area (Å²) in [5.41, 5.74) is 0. The van der Waals surface area contributed by atoms with Gasteiger partial charge in [0.05, 0.1) is 19.4 Å². The zero-order valence-electron chi connectivity index (χ0n) is 12.1. The van der Waals surface area contributed by atoms with E-state index in [0.717, 1.165) is 25.1 Å². The predicted molar refractivity (Wildman–Crippen MR) is 81.0 cm³/mol. The number of unbranched alkanes of at least 4 members (excludes halogenated alkanes) is 1. The average molecular weight is 287 g/mol. The molecule has 21 heavy (non-hydrogen) atoms. The minimum Gasteiger partial charge on any atom is -0.493 e. The number of hydrogen-bond donors (Lipinski definition) is 1. The molecule has 0 spiro atoms. The minimum absolute atomic E-state index is 0.0357. The Balaban J connectivity index is 1.48. The number of rotatable bonds is 9. The van der Waals surface area contributed by atoms with Crippen LogP contribution in [0.1, 0.15) is 19.3 Å². The van der Waals surface area contributed by atoms with Gasteiger partial charge in [-0.2, -0.15) is 0 Å². The van der Waals surface area contributed by atoms with E-state index in [0.29, 0.717) is 19.6 Å². The number of aromatic nitrogens is 2. The van der Waals surface area contributed by atoms with Crippen molar-refractivity contribution in [3.8, 4) is 5.75 Å². The first kappa shape index (κ1) is 15.1. The smallest absolute Gasteiger partial charge is 0.223 e. The summed E-state index contributed by atoms with van der Waals surface area (Å²) in [7, 11) is 0. The Morgan fingerprint density at radius 3 is 2.86 bits per heavy atom. The molecule has 0 fully saturated rings. The topological polar surface area (TPSA) is 56.1 Å². The maximum Gasteiger partial charge on any atom is 0.223 e. The van der Waals surface area contributed by atoms with Crippen LogP contribution in [0.5, 0.6) is 5.75 Å². The highest BCUT2D eigenvalue weighted by Gasteiger charge is 2.01. The molecule has 0 saturated carbocycles. The third-order valence-corrected chi connectivity index (χ3v) is 3.07. The van der Waals surface area contributed by atoms with E-state index < -0.39 is 0 Å². The molecule has 0 saturated heterocycles. The van der Waals surface area contributed by atoms with Crippen molar-refractivity contribution in [1.82, 2.24) is 14.9 Å². The van der Waals surface area contributed by atoms with Crippen LogP contribution < -0.4 is 10.1 Å². The Hall–Kier alpha value is -2.30. The van der Waals surface area contributed by atoms with E-state index in [9.17, 15) is 4.79 Å². The Morgan fingerprint density at radius 1 is 1.24 bits per heavy atom. The molecule has 2 aromatic rings. The third kappa shape index (κ3) is 6.12. The molecule has 1 aromatic heterocycles. The van der Waals surface area contributed by atoms with E-state index in [-0.39, 0.29) is 5.91 Å². The van der Waals surface area contributed by atoms with Gasteiger partial charge >= 0.3 is 0 Å². The molecule has 2 rings (SSSR count). The molecule has 0 unspecified atom stereocenters. The van der Waals surface area contributed by atoms with Crippen LogP contribution in [0, 0.1) is 0 Å². The fraction of sp³-hybridized carbons (Fsp3) is 0.375. The lowest BCUT2D eigenvalue weighted by molar-refractivity contribution is -0.121. The normalized spacial score (nSPS) is 10.3. The lowest BCUT2D eigenvalue weighted by Crippen LogP contribution is -2.26. The summed E-state index contributed by atoms with van der Waals surface area (Å²) >= 11 is 0. The minimum atomic E-state index is 0.0357. The van der Waals surface area contributed by atoms with Crippen molar-refractivity contribution in [1.29, 1.82) is 0 Å². The second-order valence-electron chi connectivity index (χ2n) is 4.77. The summed E-state index contributed by atoms with van der Waals surface area (Å²) < 4.78 is 7.52. The maximum absolute atomic E-state index is 11.6. The largest absolute Gasteiger partial charge is 0.493 e. The Morgan fingerprint density at radius 2 is 2.10 bits per heavy atom. The van der Waals surface area contributed by atoms with Gasteiger partial charge in [-0.15, -0.1) is 0 Å². The molecule has 0 aliphatic rings. The number of carbonyl (C=O) groups is 1. The van der Waals surface area contributed by atoms with Gasteiger partial charge in [-0.1, -0.05) is 18.2 Å². The fourth-order valence-electron chi connectivity index (χ4n) is 1.93. The van der Waals surface area contributed by atoms with Crippen LogP contribution in [0.4, 0.5) is 0 Å². The first-order valence-corrected chi connectivity index (χ1v) is 7.25. The molecule has 1 heterocycles. The Labute approximate surface area is 125 Å². The lowest BCUT2D eigenvalue weighted by Gasteiger charge is -2.07. The molecule has 112 valence electrons. The van der Waals surface area contributed by atoms with Crippen molar-refractivity contribution in [3.63, 3.8) is 0 Å². The molecule has 1 N–H and O–H groups in total. The molecule has 5 heteroatoms. The molecule has 0 aliphatic carbocycles. The van der Waals surface area contributed by atoms with Crippen molar-refractivity contribution < 1.29 is 9.53 Å². The van der Waals surface area contributed by atoms with Gasteiger partial charge in [-0.3, -0.25) is 4.79 Å². The van der Waals surface area contributed by atoms with Gasteiger partial charge in [0.25, 0.3) is 0 Å². The van der Waals surface area contributed by atoms with E-state index >= 15 is 0 Å². The predicted octanol–water partition coefficient (Wildman–Crippen LogP) is 2.25. The highest BCUT2D eigenvalue weighted by Crippen LogP contribution is 2.08. The van der Waals surface area contributed by atoms with Gasteiger partial charge in [0.15, 0.2) is 0 Å². The van der Waals surface area contributed by atoms with Crippen LogP contribution in [-0.2, 0) is 11.3 Å². The van der Waals surface area contributed by atoms with Gasteiger partial charge in [0.1, 0.15) is 5.75 Å². The number of carbonyl (C=O) groups excluding carboxylic acids is 1. The molecule has 5 nitrogen and oxygen atoms in total. The zero-order chi connectivity index (χ0) is 14.8. The summed E-state index contributed by atoms with van der Waals surface area (Å²) in [6.07, 6.45) is 7.89. The van der Waals surface area contributed by atoms with Gasteiger partial charge in [0, 0.05) is 25.5 Å². The lowest BCUT2D eigenvalue weighted by atomic mass is 10.3. The fourth-order valence-corrected chi connectivity index (χ4v) is 1.93. The van der Waals surface area contributed by atoms with Crippen molar-refractivity contribution in [3.05, 3.63) is 49.1 Å². The molecule has 1 aromatic carbocycles. The Kier molecular flexibility index (Phi) is 6.32. The molecule has 1 amide bonds. The van der Waals surface area contributed by atoms with E-state index in [1.807, 2.05) is 41.1 Å². The van der Waals surface area contributed by atoms with Gasteiger partial charge < -0.3 is 14.6 Å². The number of imidazole rings is 1. The SMILES string of the molecule is O=C(CCOc1ccccc1)NCCCCn1ccnc1. The molecular formula is C16H21N3O2. The number of benzene rings is 1. The summed E-state index contributed by atoms with van der Waals surface area (Å²) in [6.45, 7) is 2.05. The second-order valence-corrected chi connectivity index (χ2v) is 4.77. The number of para-hydroxylation sites is 1. The van der Waals surface area contributed by atoms with E-state index in [2.05, 4.69) is 10.3 Å². The van der Waals surface area contributed by atoms with Crippen LogP contribution in [0.3, 0.4) is 0 Å². The average Bonchev–Trinajstić information content (AvgIpc) is 3.01. The van der Waals surface area contributed by atoms with Gasteiger partial charge in [-0.25, -0.2) is 4.98 Å². The molecule has 0 radical (unpaired) electrons. The standard InChI is InChI=1S/C16H21N3O2/c20-16(8-13-21-15-6-2-1-3-7-15)18-9-4-5-11-19-12-10-17-14-19/h1-3,6-7,10,12,14H,4-5,8-9,11,13H2,(H,18,20). The molecular weight excluding hydrogens is 266 g/mol. The summed E-state index contributed by atoms with van der Waals surface area (Å²) in [5.74, 6) is 0.833. The summed E-state index contributed by atoms with van der Waals surface area (Å²) in [5, 5.41) is 2.91. The van der Waals surface area contributed by atoms with Crippen molar-refractivity contribution in [2.75, 3.05) is 13.2 Å². The summed E-state index contributed by atoms with van der Waals surface area (Å²) in [4.78, 5) is 15.6. The number of amides is 1. The van der Waals surface area contributed by atoms with Crippen LogP contribution in [0.25, 0.3) is 0 Å². The Bertz CT molecular complexity index is 512. The third-order valence-electron chi connectivity index (χ3n) is 3.07. The number of ether oxygens (including phenoxy) is 1. The number of aryl methyl sites for hydroxylation is 1. The number of hydrogen-bond acceptors (Lipinski definition) is 3. The van der Waals surface area contributed by atoms with Crippen molar-refractivity contribution in [2.24, 2.45) is 0 Å². The quantitative estimate of drug-likeness (QED) is 0.720. The monoisotopic (exact) mass is 287 g/mol. The maximum atomic E-state index is 11.6. The van der Waals surface area contributed by atoms with E-state index in [4.69, 9.17) is 4.74 Å². The van der Waals surface area contributed by atoms with E-state index in [1.165, 1.54) is 0 Å². The van der Waals surface area contributed by atoms with Crippen LogP contribution in [-0.4, -0.2) is 28.6 Å². The number of nitrogens with zero attached hydrogens (tertiary/aromatic N) is 2. The van der Waals surface area contributed by atoms with Crippen molar-refractivity contribution in [2.45, 2.75) is 25.8 Å². The van der Waals surface area contributed by atoms with Crippen molar-refractivity contribution >= 4 is 5.91 Å². The van der Waals surface area contributed by atoms with Gasteiger partial charge in [-0.05, 0) is 25.0 Å². The zero-order valence-corrected chi connectivity index (χ0v) is 12.1. The van der Waals surface area contributed by atoms with Gasteiger partial charge in [0.2, 0.25) is 5.91 Å². The summed E-state index contributed by atoms with van der Waals surface area (Å²) in [6, 6.07) is 9.52.